The molecule has 9 aromatic carbocycles. The molecule has 0 unspecified atom stereocenters. The molecular weight excluding hydrogens is 713 g/mol. The molecule has 59 heavy (non-hydrogen) atoms. The normalized spacial score (nSPS) is 12.7. The highest BCUT2D eigenvalue weighted by molar-refractivity contribution is 6.10. The first-order valence-electron chi connectivity index (χ1n) is 20.5. The van der Waals surface area contributed by atoms with Crippen LogP contribution in [-0.2, 0) is 5.41 Å². The molecule has 11 rings (SSSR count). The number of para-hydroxylation sites is 3. The molecule has 0 bridgehead atoms. The summed E-state index contributed by atoms with van der Waals surface area (Å²) in [7, 11) is 0. The van der Waals surface area contributed by atoms with Crippen LogP contribution in [0.3, 0.4) is 0 Å². The molecule has 0 spiro atoms. The number of benzene rings is 9. The van der Waals surface area contributed by atoms with Crippen molar-refractivity contribution in [3.05, 3.63) is 230 Å². The fourth-order valence-electron chi connectivity index (χ4n) is 9.51. The van der Waals surface area contributed by atoms with E-state index in [0.717, 1.165) is 17.1 Å². The van der Waals surface area contributed by atoms with E-state index in [2.05, 4.69) is 242 Å². The number of aromatic nitrogens is 1. The molecule has 1 heterocycles. The van der Waals surface area contributed by atoms with E-state index in [1.165, 1.54) is 83.1 Å². The first-order chi connectivity index (χ1) is 29.0. The third-order valence-electron chi connectivity index (χ3n) is 12.4. The highest BCUT2D eigenvalue weighted by Gasteiger charge is 2.38. The van der Waals surface area contributed by atoms with Gasteiger partial charge in [0.15, 0.2) is 0 Å². The summed E-state index contributed by atoms with van der Waals surface area (Å²) in [5.41, 5.74) is 19.2. The van der Waals surface area contributed by atoms with Crippen molar-refractivity contribution in [3.63, 3.8) is 0 Å². The van der Waals surface area contributed by atoms with Crippen molar-refractivity contribution in [2.45, 2.75) is 19.3 Å². The average Bonchev–Trinajstić information content (AvgIpc) is 3.76. The first-order valence-corrected chi connectivity index (χ1v) is 20.5. The number of rotatable bonds is 7. The van der Waals surface area contributed by atoms with Gasteiger partial charge in [0.2, 0.25) is 0 Å². The lowest BCUT2D eigenvalue weighted by atomic mass is 9.81. The van der Waals surface area contributed by atoms with Crippen LogP contribution in [0, 0.1) is 0 Å². The second kappa shape index (κ2) is 13.9. The monoisotopic (exact) mass is 754 g/mol. The van der Waals surface area contributed by atoms with Crippen molar-refractivity contribution in [2.75, 3.05) is 4.90 Å². The smallest absolute Gasteiger partial charge is 0.0549 e. The van der Waals surface area contributed by atoms with Crippen LogP contribution in [0.4, 0.5) is 17.1 Å². The molecule has 0 saturated carbocycles. The van der Waals surface area contributed by atoms with Crippen molar-refractivity contribution in [3.8, 4) is 50.2 Å². The van der Waals surface area contributed by atoms with Gasteiger partial charge < -0.3 is 9.47 Å². The summed E-state index contributed by atoms with van der Waals surface area (Å²) < 4.78 is 2.51. The van der Waals surface area contributed by atoms with E-state index in [-0.39, 0.29) is 5.41 Å². The standard InChI is InChI=1S/C57H42N2/c1-57(2)50-25-13-9-24-49(50)56-51(57)37-43(38-55(56)59-53-27-15-11-22-47(53)48-23-12-16-28-54(48)59)46-21-10-14-26-52(46)58(44-33-29-41(30-34-44)39-17-5-3-6-18-39)45-35-31-42(32-36-45)40-19-7-4-8-20-40/h3-38H,1-2H3. The maximum absolute atomic E-state index is 2.51. The quantitative estimate of drug-likeness (QED) is 0.157. The molecule has 280 valence electrons. The van der Waals surface area contributed by atoms with Crippen LogP contribution in [0.5, 0.6) is 0 Å². The Hall–Kier alpha value is -7.42. The zero-order chi connectivity index (χ0) is 39.5. The van der Waals surface area contributed by atoms with Crippen molar-refractivity contribution in [1.82, 2.24) is 4.57 Å². The minimum Gasteiger partial charge on any atom is -0.310 e. The van der Waals surface area contributed by atoms with E-state index in [9.17, 15) is 0 Å². The Bertz CT molecular complexity index is 3020. The van der Waals surface area contributed by atoms with E-state index in [1.54, 1.807) is 0 Å². The third-order valence-corrected chi connectivity index (χ3v) is 12.4. The summed E-state index contributed by atoms with van der Waals surface area (Å²) in [5.74, 6) is 0. The van der Waals surface area contributed by atoms with Gasteiger partial charge in [-0.3, -0.25) is 0 Å². The summed E-state index contributed by atoms with van der Waals surface area (Å²) in [5, 5.41) is 2.52. The molecule has 1 aromatic heterocycles. The number of fused-ring (bicyclic) bond motifs is 6. The Kier molecular flexibility index (Phi) is 8.20. The predicted molar refractivity (Wildman–Crippen MR) is 249 cm³/mol. The summed E-state index contributed by atoms with van der Waals surface area (Å²) in [4.78, 5) is 2.42. The topological polar surface area (TPSA) is 8.17 Å². The molecule has 0 saturated heterocycles. The Balaban J connectivity index is 1.15. The fraction of sp³-hybridized carbons (Fsp3) is 0.0526. The largest absolute Gasteiger partial charge is 0.310 e. The Labute approximate surface area is 345 Å². The van der Waals surface area contributed by atoms with E-state index in [0.29, 0.717) is 0 Å². The van der Waals surface area contributed by atoms with Crippen LogP contribution in [0.25, 0.3) is 72.0 Å². The highest BCUT2D eigenvalue weighted by Crippen LogP contribution is 2.54. The molecule has 10 aromatic rings. The van der Waals surface area contributed by atoms with Crippen LogP contribution in [-0.4, -0.2) is 4.57 Å². The second-order valence-corrected chi connectivity index (χ2v) is 16.1. The van der Waals surface area contributed by atoms with Gasteiger partial charge in [-0.1, -0.05) is 178 Å². The Morgan fingerprint density at radius 2 is 0.831 bits per heavy atom. The molecule has 0 radical (unpaired) electrons. The SMILES string of the molecule is CC1(C)c2ccccc2-c2c(-n3c4ccccc4c4ccccc43)cc(-c3ccccc3N(c3ccc(-c4ccccc4)cc3)c3ccc(-c4ccccc4)cc3)cc21. The van der Waals surface area contributed by atoms with Gasteiger partial charge in [-0.15, -0.1) is 0 Å². The molecule has 0 atom stereocenters. The second-order valence-electron chi connectivity index (χ2n) is 16.1. The van der Waals surface area contributed by atoms with Crippen LogP contribution < -0.4 is 4.90 Å². The van der Waals surface area contributed by atoms with Crippen LogP contribution in [0.1, 0.15) is 25.0 Å². The van der Waals surface area contributed by atoms with E-state index >= 15 is 0 Å². The summed E-state index contributed by atoms with van der Waals surface area (Å²) in [6.45, 7) is 4.77. The van der Waals surface area contributed by atoms with Gasteiger partial charge in [-0.05, 0) is 99.1 Å². The molecule has 0 aliphatic heterocycles. The zero-order valence-electron chi connectivity index (χ0n) is 33.2. The number of hydrogen-bond acceptors (Lipinski definition) is 1. The minimum atomic E-state index is -0.204. The van der Waals surface area contributed by atoms with Crippen LogP contribution in [0.2, 0.25) is 0 Å². The van der Waals surface area contributed by atoms with Crippen molar-refractivity contribution < 1.29 is 0 Å². The van der Waals surface area contributed by atoms with E-state index < -0.39 is 0 Å². The minimum absolute atomic E-state index is 0.204. The summed E-state index contributed by atoms with van der Waals surface area (Å²) in [6, 6.07) is 79.8. The van der Waals surface area contributed by atoms with E-state index in [1.807, 2.05) is 0 Å². The number of nitrogens with zero attached hydrogens (tertiary/aromatic N) is 2. The van der Waals surface area contributed by atoms with E-state index in [4.69, 9.17) is 0 Å². The molecule has 0 N–H and O–H groups in total. The van der Waals surface area contributed by atoms with Gasteiger partial charge in [0.05, 0.1) is 22.4 Å². The fourth-order valence-corrected chi connectivity index (χ4v) is 9.51. The van der Waals surface area contributed by atoms with Gasteiger partial charge >= 0.3 is 0 Å². The van der Waals surface area contributed by atoms with Crippen molar-refractivity contribution >= 4 is 38.9 Å². The van der Waals surface area contributed by atoms with Gasteiger partial charge in [-0.2, -0.15) is 0 Å². The predicted octanol–water partition coefficient (Wildman–Crippen LogP) is 15.6. The first kappa shape index (κ1) is 34.8. The summed E-state index contributed by atoms with van der Waals surface area (Å²) in [6.07, 6.45) is 0. The van der Waals surface area contributed by atoms with Crippen molar-refractivity contribution in [1.29, 1.82) is 0 Å². The lowest BCUT2D eigenvalue weighted by Crippen LogP contribution is -2.15. The van der Waals surface area contributed by atoms with Crippen LogP contribution in [0.15, 0.2) is 218 Å². The maximum atomic E-state index is 2.51. The van der Waals surface area contributed by atoms with Gasteiger partial charge in [0.1, 0.15) is 0 Å². The lowest BCUT2D eigenvalue weighted by Gasteiger charge is -2.29. The Morgan fingerprint density at radius 1 is 0.373 bits per heavy atom. The average molecular weight is 755 g/mol. The third kappa shape index (κ3) is 5.71. The molecule has 0 amide bonds. The van der Waals surface area contributed by atoms with Gasteiger partial charge in [0.25, 0.3) is 0 Å². The molecular formula is C57H42N2. The molecule has 1 aliphatic rings. The summed E-state index contributed by atoms with van der Waals surface area (Å²) >= 11 is 0. The zero-order valence-corrected chi connectivity index (χ0v) is 33.2. The molecule has 2 heteroatoms. The van der Waals surface area contributed by atoms with Crippen molar-refractivity contribution in [2.24, 2.45) is 0 Å². The lowest BCUT2D eigenvalue weighted by molar-refractivity contribution is 0.660. The Morgan fingerprint density at radius 3 is 1.41 bits per heavy atom. The van der Waals surface area contributed by atoms with Gasteiger partial charge in [-0.25, -0.2) is 0 Å². The van der Waals surface area contributed by atoms with Crippen LogP contribution >= 0.6 is 0 Å². The maximum Gasteiger partial charge on any atom is 0.0549 e. The number of hydrogen-bond donors (Lipinski definition) is 0. The molecule has 0 fully saturated rings. The number of anilines is 3. The molecule has 2 nitrogen and oxygen atoms in total. The molecule has 1 aliphatic carbocycles. The highest BCUT2D eigenvalue weighted by atomic mass is 15.1. The van der Waals surface area contributed by atoms with Gasteiger partial charge in [0, 0.05) is 38.7 Å².